The molecule has 0 saturated heterocycles. The Kier molecular flexibility index (Phi) is 2.10. The Labute approximate surface area is 89.8 Å². The van der Waals surface area contributed by atoms with Crippen molar-refractivity contribution in [1.29, 1.82) is 0 Å². The number of nitrogens with one attached hydrogen (secondary N) is 1. The van der Waals surface area contributed by atoms with Crippen LogP contribution in [-0.4, -0.2) is 14.1 Å². The van der Waals surface area contributed by atoms with Crippen LogP contribution in [0.15, 0.2) is 12.3 Å². The number of rotatable bonds is 0. The van der Waals surface area contributed by atoms with Crippen LogP contribution in [0.25, 0.3) is 0 Å². The molecule has 0 saturated carbocycles. The number of hydrogen-bond acceptors (Lipinski definition) is 2. The van der Waals surface area contributed by atoms with Gasteiger partial charge in [0, 0.05) is 11.8 Å². The Hall–Kier alpha value is -0.850. The molecule has 0 spiro atoms. The van der Waals surface area contributed by atoms with Crippen LogP contribution >= 0.6 is 22.9 Å². The van der Waals surface area contributed by atoms with Crippen molar-refractivity contribution in [3.63, 3.8) is 0 Å². The molecule has 68 valence electrons. The second-order valence-electron chi connectivity index (χ2n) is 2.91. The molecule has 1 aliphatic rings. The highest BCUT2D eigenvalue weighted by atomic mass is 127. The highest BCUT2D eigenvalue weighted by Crippen LogP contribution is 2.25. The number of halogens is 1. The maximum Gasteiger partial charge on any atom is 0.332 e. The summed E-state index contributed by atoms with van der Waals surface area (Å²) < 4.78 is 1.61. The summed E-state index contributed by atoms with van der Waals surface area (Å²) in [5.41, 5.74) is 2.25. The molecule has 0 unspecified atom stereocenters. The van der Waals surface area contributed by atoms with Gasteiger partial charge in [-0.15, -0.1) is 0 Å². The van der Waals surface area contributed by atoms with E-state index < -0.39 is 0 Å². The van der Waals surface area contributed by atoms with E-state index in [1.807, 2.05) is 35.9 Å². The monoisotopic (exact) mass is 289 g/mol. The van der Waals surface area contributed by atoms with Gasteiger partial charge >= 0.3 is 6.03 Å². The summed E-state index contributed by atoms with van der Waals surface area (Å²) in [5, 5.41) is 2.72. The number of carbonyl (C=O) groups is 1. The summed E-state index contributed by atoms with van der Waals surface area (Å²) in [6.07, 6.45) is 1.71. The van der Waals surface area contributed by atoms with Crippen molar-refractivity contribution in [1.82, 2.24) is 8.10 Å². The highest BCUT2D eigenvalue weighted by molar-refractivity contribution is 14.1. The molecular formula is C8H8IN3O. The third-order valence-electron chi connectivity index (χ3n) is 2.03. The zero-order valence-electron chi connectivity index (χ0n) is 7.04. The minimum atomic E-state index is -0.105. The second-order valence-corrected chi connectivity index (χ2v) is 4.07. The number of fused-ring (bicyclic) bond motifs is 1. The topological polar surface area (TPSA) is 45.2 Å². The smallest absolute Gasteiger partial charge is 0.291 e. The standard InChI is InChI=1S/C8H8IN3O/c1-5-2-3-10-7-6(5)4-12(9)8(13)11-7/h2-3H,4H2,1H3,(H,10,11,13). The molecule has 1 aromatic heterocycles. The minimum Gasteiger partial charge on any atom is -0.291 e. The third kappa shape index (κ3) is 1.48. The first-order valence-corrected chi connectivity index (χ1v) is 4.84. The number of urea groups is 1. The van der Waals surface area contributed by atoms with E-state index in [0.717, 1.165) is 11.1 Å². The van der Waals surface area contributed by atoms with Gasteiger partial charge in [0.25, 0.3) is 0 Å². The Morgan fingerprint density at radius 3 is 3.23 bits per heavy atom. The van der Waals surface area contributed by atoms with Gasteiger partial charge in [-0.05, 0) is 18.6 Å². The predicted octanol–water partition coefficient (Wildman–Crippen LogP) is 2.09. The number of hydrogen-bond donors (Lipinski definition) is 1. The molecule has 1 N–H and O–H groups in total. The molecule has 2 rings (SSSR count). The lowest BCUT2D eigenvalue weighted by Crippen LogP contribution is -2.32. The van der Waals surface area contributed by atoms with Gasteiger partial charge < -0.3 is 0 Å². The fourth-order valence-corrected chi connectivity index (χ4v) is 1.73. The van der Waals surface area contributed by atoms with Crippen LogP contribution in [0, 0.1) is 6.92 Å². The lowest BCUT2D eigenvalue weighted by molar-refractivity contribution is 0.239. The van der Waals surface area contributed by atoms with Gasteiger partial charge in [-0.1, -0.05) is 0 Å². The van der Waals surface area contributed by atoms with Gasteiger partial charge in [0.15, 0.2) is 0 Å². The van der Waals surface area contributed by atoms with Gasteiger partial charge in [-0.3, -0.25) is 8.43 Å². The number of anilines is 1. The molecule has 4 nitrogen and oxygen atoms in total. The van der Waals surface area contributed by atoms with Crippen molar-refractivity contribution in [2.45, 2.75) is 13.5 Å². The number of carbonyl (C=O) groups excluding carboxylic acids is 1. The summed E-state index contributed by atoms with van der Waals surface area (Å²) in [6.45, 7) is 2.64. The average Bonchev–Trinajstić information content (AvgIpc) is 2.09. The van der Waals surface area contributed by atoms with E-state index in [1.54, 1.807) is 9.31 Å². The Bertz CT molecular complexity index is 366. The first-order chi connectivity index (χ1) is 6.18. The summed E-state index contributed by atoms with van der Waals surface area (Å²) in [6, 6.07) is 1.84. The van der Waals surface area contributed by atoms with Crippen LogP contribution in [0.4, 0.5) is 10.6 Å². The lowest BCUT2D eigenvalue weighted by Gasteiger charge is -2.24. The fourth-order valence-electron chi connectivity index (χ4n) is 1.27. The molecule has 2 amide bonds. The number of aromatic nitrogens is 1. The van der Waals surface area contributed by atoms with Gasteiger partial charge in [-0.2, -0.15) is 0 Å². The van der Waals surface area contributed by atoms with Crippen LogP contribution in [0.2, 0.25) is 0 Å². The van der Waals surface area contributed by atoms with Crippen molar-refractivity contribution in [3.8, 4) is 0 Å². The van der Waals surface area contributed by atoms with Gasteiger partial charge in [0.05, 0.1) is 29.4 Å². The molecular weight excluding hydrogens is 281 g/mol. The van der Waals surface area contributed by atoms with E-state index in [1.165, 1.54) is 0 Å². The Morgan fingerprint density at radius 1 is 1.69 bits per heavy atom. The van der Waals surface area contributed by atoms with E-state index in [9.17, 15) is 4.79 Å². The van der Waals surface area contributed by atoms with Crippen molar-refractivity contribution < 1.29 is 4.79 Å². The van der Waals surface area contributed by atoms with Crippen molar-refractivity contribution in [2.75, 3.05) is 5.32 Å². The molecule has 0 aliphatic carbocycles. The van der Waals surface area contributed by atoms with Crippen molar-refractivity contribution in [3.05, 3.63) is 23.4 Å². The fraction of sp³-hybridized carbons (Fsp3) is 0.250. The number of amides is 2. The van der Waals surface area contributed by atoms with Crippen molar-refractivity contribution >= 4 is 34.7 Å². The second kappa shape index (κ2) is 3.13. The Morgan fingerprint density at radius 2 is 2.46 bits per heavy atom. The normalized spacial score (nSPS) is 15.2. The number of pyridine rings is 1. The third-order valence-corrected chi connectivity index (χ3v) is 2.81. The van der Waals surface area contributed by atoms with Gasteiger partial charge in [0.1, 0.15) is 5.82 Å². The maximum absolute atomic E-state index is 11.2. The van der Waals surface area contributed by atoms with Crippen LogP contribution in [0.5, 0.6) is 0 Å². The molecule has 0 radical (unpaired) electrons. The average molecular weight is 289 g/mol. The quantitative estimate of drug-likeness (QED) is 0.587. The molecule has 5 heteroatoms. The molecule has 1 aromatic rings. The van der Waals surface area contributed by atoms with E-state index in [4.69, 9.17) is 0 Å². The molecule has 13 heavy (non-hydrogen) atoms. The van der Waals surface area contributed by atoms with Crippen LogP contribution in [0.3, 0.4) is 0 Å². The molecule has 0 aromatic carbocycles. The van der Waals surface area contributed by atoms with Gasteiger partial charge in [0.2, 0.25) is 0 Å². The summed E-state index contributed by atoms with van der Waals surface area (Å²) in [5.74, 6) is 0.693. The largest absolute Gasteiger partial charge is 0.332 e. The Balaban J connectivity index is 2.48. The maximum atomic E-state index is 11.2. The van der Waals surface area contributed by atoms with Crippen molar-refractivity contribution in [2.24, 2.45) is 0 Å². The number of nitrogens with zero attached hydrogens (tertiary/aromatic N) is 2. The van der Waals surface area contributed by atoms with Crippen LogP contribution in [0.1, 0.15) is 11.1 Å². The zero-order valence-corrected chi connectivity index (χ0v) is 9.20. The molecule has 0 fully saturated rings. The highest BCUT2D eigenvalue weighted by Gasteiger charge is 2.22. The van der Waals surface area contributed by atoms with E-state index in [-0.39, 0.29) is 6.03 Å². The molecule has 0 bridgehead atoms. The summed E-state index contributed by atoms with van der Waals surface area (Å²) in [4.78, 5) is 15.3. The van der Waals surface area contributed by atoms with Gasteiger partial charge in [-0.25, -0.2) is 9.78 Å². The van der Waals surface area contributed by atoms with E-state index in [2.05, 4.69) is 10.3 Å². The molecule has 1 aliphatic heterocycles. The van der Waals surface area contributed by atoms with E-state index in [0.29, 0.717) is 12.4 Å². The SMILES string of the molecule is Cc1ccnc2c1CN(I)C(=O)N2. The van der Waals surface area contributed by atoms with E-state index >= 15 is 0 Å². The predicted molar refractivity (Wildman–Crippen MR) is 57.6 cm³/mol. The molecule has 0 atom stereocenters. The first kappa shape index (κ1) is 8.74. The summed E-state index contributed by atoms with van der Waals surface area (Å²) >= 11 is 1.99. The minimum absolute atomic E-state index is 0.105. The number of aryl methyl sites for hydroxylation is 1. The van der Waals surface area contributed by atoms with Crippen LogP contribution in [-0.2, 0) is 6.54 Å². The lowest BCUT2D eigenvalue weighted by atomic mass is 10.1. The molecule has 2 heterocycles. The first-order valence-electron chi connectivity index (χ1n) is 3.87. The van der Waals surface area contributed by atoms with Crippen LogP contribution < -0.4 is 5.32 Å². The zero-order chi connectivity index (χ0) is 9.42. The summed E-state index contributed by atoms with van der Waals surface area (Å²) in [7, 11) is 0.